The number of anilines is 1. The van der Waals surface area contributed by atoms with Gasteiger partial charge >= 0.3 is 0 Å². The molecule has 2 rings (SSSR count). The van der Waals surface area contributed by atoms with E-state index in [1.54, 1.807) is 0 Å². The summed E-state index contributed by atoms with van der Waals surface area (Å²) in [5, 5.41) is 3.15. The van der Waals surface area contributed by atoms with Crippen LogP contribution >= 0.6 is 0 Å². The maximum Gasteiger partial charge on any atom is 0.0564 e. The second-order valence-electron chi connectivity index (χ2n) is 4.56. The molecule has 0 aliphatic heterocycles. The molecular weight excluding hydrogens is 198 g/mol. The zero-order chi connectivity index (χ0) is 11.4. The number of hydrogen-bond donors (Lipinski definition) is 1. The van der Waals surface area contributed by atoms with Crippen LogP contribution in [0, 0.1) is 5.92 Å². The Morgan fingerprint density at radius 3 is 2.94 bits per heavy atom. The first-order chi connectivity index (χ1) is 7.81. The first-order valence-electron chi connectivity index (χ1n) is 6.17. The highest BCUT2D eigenvalue weighted by atomic mass is 15.1. The molecule has 1 aromatic rings. The van der Waals surface area contributed by atoms with E-state index in [9.17, 15) is 0 Å². The lowest BCUT2D eigenvalue weighted by molar-refractivity contribution is 0.265. The average molecular weight is 219 g/mol. The highest BCUT2D eigenvalue weighted by Crippen LogP contribution is 2.30. The molecule has 0 bridgehead atoms. The second-order valence-corrected chi connectivity index (χ2v) is 4.56. The van der Waals surface area contributed by atoms with Crippen LogP contribution < -0.4 is 5.32 Å². The smallest absolute Gasteiger partial charge is 0.0564 e. The summed E-state index contributed by atoms with van der Waals surface area (Å²) in [6.07, 6.45) is 4.72. The molecule has 1 fully saturated rings. The van der Waals surface area contributed by atoms with Gasteiger partial charge in [-0.25, -0.2) is 0 Å². The van der Waals surface area contributed by atoms with Gasteiger partial charge < -0.3 is 5.32 Å². The van der Waals surface area contributed by atoms with E-state index in [2.05, 4.69) is 28.2 Å². The van der Waals surface area contributed by atoms with Crippen molar-refractivity contribution in [3.05, 3.63) is 24.0 Å². The average Bonchev–Trinajstić information content (AvgIpc) is 3.12. The lowest BCUT2D eigenvalue weighted by Gasteiger charge is -2.19. The van der Waals surface area contributed by atoms with Crippen molar-refractivity contribution in [2.75, 3.05) is 25.5 Å². The third kappa shape index (κ3) is 3.20. The molecule has 0 saturated heterocycles. The van der Waals surface area contributed by atoms with Crippen LogP contribution in [-0.2, 0) is 6.54 Å². The Kier molecular flexibility index (Phi) is 3.78. The summed E-state index contributed by atoms with van der Waals surface area (Å²) >= 11 is 0. The largest absolute Gasteiger partial charge is 0.388 e. The maximum atomic E-state index is 4.42. The van der Waals surface area contributed by atoms with Crippen molar-refractivity contribution in [3.8, 4) is 0 Å². The minimum absolute atomic E-state index is 0.951. The Hall–Kier alpha value is -1.09. The van der Waals surface area contributed by atoms with Crippen molar-refractivity contribution in [3.63, 3.8) is 0 Å². The van der Waals surface area contributed by atoms with Crippen molar-refractivity contribution in [2.45, 2.75) is 26.3 Å². The molecule has 1 aromatic heterocycles. The highest BCUT2D eigenvalue weighted by Gasteiger charge is 2.23. The third-order valence-corrected chi connectivity index (χ3v) is 3.15. The van der Waals surface area contributed by atoms with Gasteiger partial charge in [-0.15, -0.1) is 0 Å². The number of hydrogen-bond acceptors (Lipinski definition) is 3. The lowest BCUT2D eigenvalue weighted by atomic mass is 10.2. The second kappa shape index (κ2) is 5.30. The van der Waals surface area contributed by atoms with Crippen LogP contribution in [0.1, 0.15) is 25.5 Å². The fourth-order valence-electron chi connectivity index (χ4n) is 1.92. The predicted molar refractivity (Wildman–Crippen MR) is 67.5 cm³/mol. The van der Waals surface area contributed by atoms with E-state index in [-0.39, 0.29) is 0 Å². The first-order valence-corrected chi connectivity index (χ1v) is 6.17. The van der Waals surface area contributed by atoms with Gasteiger partial charge in [0.2, 0.25) is 0 Å². The molecule has 0 atom stereocenters. The van der Waals surface area contributed by atoms with Gasteiger partial charge in [-0.05, 0) is 37.4 Å². The van der Waals surface area contributed by atoms with Gasteiger partial charge in [-0.2, -0.15) is 0 Å². The summed E-state index contributed by atoms with van der Waals surface area (Å²) in [7, 11) is 1.95. The normalized spacial score (nSPS) is 15.4. The molecule has 1 N–H and O–H groups in total. The van der Waals surface area contributed by atoms with E-state index in [1.807, 2.05) is 19.3 Å². The van der Waals surface area contributed by atoms with Crippen LogP contribution in [0.5, 0.6) is 0 Å². The summed E-state index contributed by atoms with van der Waals surface area (Å²) in [4.78, 5) is 6.91. The minimum Gasteiger partial charge on any atom is -0.388 e. The van der Waals surface area contributed by atoms with Gasteiger partial charge in [0.05, 0.1) is 5.69 Å². The molecule has 3 nitrogen and oxygen atoms in total. The fourth-order valence-corrected chi connectivity index (χ4v) is 1.92. The Morgan fingerprint density at radius 2 is 2.31 bits per heavy atom. The van der Waals surface area contributed by atoms with E-state index >= 15 is 0 Å². The van der Waals surface area contributed by atoms with E-state index in [0.717, 1.165) is 30.4 Å². The van der Waals surface area contributed by atoms with Gasteiger partial charge in [0.25, 0.3) is 0 Å². The molecule has 1 saturated carbocycles. The molecule has 1 aliphatic carbocycles. The molecule has 0 amide bonds. The Bertz CT molecular complexity index is 334. The van der Waals surface area contributed by atoms with Crippen molar-refractivity contribution < 1.29 is 0 Å². The fraction of sp³-hybridized carbons (Fsp3) is 0.615. The third-order valence-electron chi connectivity index (χ3n) is 3.15. The summed E-state index contributed by atoms with van der Waals surface area (Å²) in [6.45, 7) is 5.55. The van der Waals surface area contributed by atoms with Crippen LogP contribution in [-0.4, -0.2) is 30.0 Å². The molecule has 3 heteroatoms. The predicted octanol–water partition coefficient (Wildman–Crippen LogP) is 2.36. The van der Waals surface area contributed by atoms with Crippen LogP contribution in [0.2, 0.25) is 0 Å². The van der Waals surface area contributed by atoms with E-state index < -0.39 is 0 Å². The summed E-state index contributed by atoms with van der Waals surface area (Å²) in [5.41, 5.74) is 2.31. The van der Waals surface area contributed by atoms with Gasteiger partial charge in [-0.1, -0.05) is 6.92 Å². The number of nitrogens with zero attached hydrogens (tertiary/aromatic N) is 2. The number of nitrogens with one attached hydrogen (secondary N) is 1. The van der Waals surface area contributed by atoms with Gasteiger partial charge in [0, 0.05) is 32.0 Å². The Labute approximate surface area is 97.9 Å². The highest BCUT2D eigenvalue weighted by molar-refractivity contribution is 5.42. The standard InChI is InChI=1S/C13H21N3/c1-3-16(9-11-4-5-11)10-13-8-12(14-2)6-7-15-13/h6-8,11H,3-5,9-10H2,1-2H3,(H,14,15). The summed E-state index contributed by atoms with van der Waals surface area (Å²) < 4.78 is 0. The molecule has 88 valence electrons. The van der Waals surface area contributed by atoms with Crippen molar-refractivity contribution in [1.82, 2.24) is 9.88 Å². The topological polar surface area (TPSA) is 28.2 Å². The van der Waals surface area contributed by atoms with Crippen LogP contribution in [0.15, 0.2) is 18.3 Å². The SMILES string of the molecule is CCN(Cc1cc(NC)ccn1)CC1CC1. The van der Waals surface area contributed by atoms with Crippen LogP contribution in [0.25, 0.3) is 0 Å². The number of rotatable bonds is 6. The molecule has 1 aliphatic rings. The van der Waals surface area contributed by atoms with Gasteiger partial charge in [0.1, 0.15) is 0 Å². The number of pyridine rings is 1. The molecule has 0 aromatic carbocycles. The van der Waals surface area contributed by atoms with Gasteiger partial charge in [-0.3, -0.25) is 9.88 Å². The molecule has 0 spiro atoms. The Morgan fingerprint density at radius 1 is 1.50 bits per heavy atom. The monoisotopic (exact) mass is 219 g/mol. The summed E-state index contributed by atoms with van der Waals surface area (Å²) in [6, 6.07) is 4.14. The zero-order valence-corrected chi connectivity index (χ0v) is 10.2. The van der Waals surface area contributed by atoms with Crippen molar-refractivity contribution in [1.29, 1.82) is 0 Å². The van der Waals surface area contributed by atoms with Crippen LogP contribution in [0.4, 0.5) is 5.69 Å². The molecule has 1 heterocycles. The van der Waals surface area contributed by atoms with E-state index in [1.165, 1.54) is 19.4 Å². The Balaban J connectivity index is 1.94. The van der Waals surface area contributed by atoms with E-state index in [4.69, 9.17) is 0 Å². The van der Waals surface area contributed by atoms with Crippen molar-refractivity contribution >= 4 is 5.69 Å². The maximum absolute atomic E-state index is 4.42. The minimum atomic E-state index is 0.951. The molecular formula is C13H21N3. The molecule has 0 unspecified atom stereocenters. The molecule has 16 heavy (non-hydrogen) atoms. The zero-order valence-electron chi connectivity index (χ0n) is 10.2. The quantitative estimate of drug-likeness (QED) is 0.796. The van der Waals surface area contributed by atoms with Crippen LogP contribution in [0.3, 0.4) is 0 Å². The van der Waals surface area contributed by atoms with Crippen molar-refractivity contribution in [2.24, 2.45) is 5.92 Å². The summed E-state index contributed by atoms with van der Waals surface area (Å²) in [5.74, 6) is 0.951. The first kappa shape index (κ1) is 11.4. The van der Waals surface area contributed by atoms with Gasteiger partial charge in [0.15, 0.2) is 0 Å². The number of aromatic nitrogens is 1. The lowest BCUT2D eigenvalue weighted by Crippen LogP contribution is -2.25. The molecule has 0 radical (unpaired) electrons. The van der Waals surface area contributed by atoms with E-state index in [0.29, 0.717) is 0 Å².